The van der Waals surface area contributed by atoms with E-state index >= 15 is 0 Å². The normalized spacial score (nSPS) is 10.4. The van der Waals surface area contributed by atoms with Gasteiger partial charge in [-0.2, -0.15) is 0 Å². The first kappa shape index (κ1) is 11.1. The van der Waals surface area contributed by atoms with Crippen LogP contribution in [0.3, 0.4) is 0 Å². The number of Topliss-reactive ketones (excluding diaryl/α,β-unsaturated/α-hetero) is 1. The molecule has 0 saturated heterocycles. The topological polar surface area (TPSA) is 17.1 Å². The molecule has 0 radical (unpaired) electrons. The van der Waals surface area contributed by atoms with E-state index in [2.05, 4.69) is 26.0 Å². The number of hydrogen-bond acceptors (Lipinski definition) is 2. The predicted octanol–water partition coefficient (Wildman–Crippen LogP) is 3.79. The molecule has 2 rings (SSSR count). The Morgan fingerprint density at radius 3 is 2.62 bits per heavy atom. The summed E-state index contributed by atoms with van der Waals surface area (Å²) in [6.07, 6.45) is 0.502. The number of carbonyl (C=O) groups is 1. The summed E-state index contributed by atoms with van der Waals surface area (Å²) in [4.78, 5) is 12.7. The van der Waals surface area contributed by atoms with Gasteiger partial charge in [-0.25, -0.2) is 0 Å². The lowest BCUT2D eigenvalue weighted by atomic mass is 10.0. The lowest BCUT2D eigenvalue weighted by molar-refractivity contribution is 0.0997. The maximum absolute atomic E-state index is 11.9. The van der Waals surface area contributed by atoms with E-state index in [1.807, 2.05) is 23.6 Å². The quantitative estimate of drug-likeness (QED) is 0.733. The highest BCUT2D eigenvalue weighted by Gasteiger charge is 2.08. The highest BCUT2D eigenvalue weighted by atomic mass is 32.1. The molecule has 1 nitrogen and oxygen atoms in total. The van der Waals surface area contributed by atoms with Crippen molar-refractivity contribution in [3.8, 4) is 0 Å². The molecule has 1 aromatic heterocycles. The van der Waals surface area contributed by atoms with E-state index in [0.717, 1.165) is 10.4 Å². The van der Waals surface area contributed by atoms with Crippen molar-refractivity contribution in [1.82, 2.24) is 0 Å². The largest absolute Gasteiger partial charge is 0.293 e. The number of carbonyl (C=O) groups excluding carboxylic acids is 1. The van der Waals surface area contributed by atoms with Crippen molar-refractivity contribution in [2.75, 3.05) is 0 Å². The molecule has 16 heavy (non-hydrogen) atoms. The summed E-state index contributed by atoms with van der Waals surface area (Å²) in [5.41, 5.74) is 3.62. The molecule has 0 atom stereocenters. The van der Waals surface area contributed by atoms with Gasteiger partial charge in [-0.05, 0) is 42.0 Å². The fourth-order valence-electron chi connectivity index (χ4n) is 1.62. The SMILES string of the molecule is Cc1ccc(CC(=O)c2cccs2)cc1C. The smallest absolute Gasteiger partial charge is 0.177 e. The second-order valence-corrected chi connectivity index (χ2v) is 4.94. The van der Waals surface area contributed by atoms with Crippen LogP contribution in [-0.4, -0.2) is 5.78 Å². The van der Waals surface area contributed by atoms with Crippen molar-refractivity contribution in [2.24, 2.45) is 0 Å². The molecule has 0 N–H and O–H groups in total. The number of aryl methyl sites for hydroxylation is 2. The number of thiophene rings is 1. The van der Waals surface area contributed by atoms with Crippen LogP contribution in [-0.2, 0) is 6.42 Å². The number of benzene rings is 1. The van der Waals surface area contributed by atoms with E-state index in [9.17, 15) is 4.79 Å². The highest BCUT2D eigenvalue weighted by molar-refractivity contribution is 7.12. The second kappa shape index (κ2) is 4.62. The highest BCUT2D eigenvalue weighted by Crippen LogP contribution is 2.15. The monoisotopic (exact) mass is 230 g/mol. The Kier molecular flexibility index (Phi) is 3.20. The molecule has 82 valence electrons. The lowest BCUT2D eigenvalue weighted by Crippen LogP contribution is -2.01. The van der Waals surface area contributed by atoms with Gasteiger partial charge in [0.05, 0.1) is 4.88 Å². The van der Waals surface area contributed by atoms with Gasteiger partial charge >= 0.3 is 0 Å². The Hall–Kier alpha value is -1.41. The molecule has 0 fully saturated rings. The lowest BCUT2D eigenvalue weighted by Gasteiger charge is -2.03. The molecule has 0 bridgehead atoms. The van der Waals surface area contributed by atoms with Gasteiger partial charge in [0.1, 0.15) is 0 Å². The average Bonchev–Trinajstić information content (AvgIpc) is 2.77. The van der Waals surface area contributed by atoms with Crippen molar-refractivity contribution in [1.29, 1.82) is 0 Å². The molecule has 2 aromatic rings. The van der Waals surface area contributed by atoms with Crippen molar-refractivity contribution >= 4 is 17.1 Å². The summed E-state index contributed by atoms with van der Waals surface area (Å²) in [6.45, 7) is 4.16. The zero-order valence-corrected chi connectivity index (χ0v) is 10.3. The molecule has 0 saturated carbocycles. The van der Waals surface area contributed by atoms with Gasteiger partial charge in [0.25, 0.3) is 0 Å². The summed E-state index contributed by atoms with van der Waals surface area (Å²) in [5, 5.41) is 1.94. The zero-order valence-electron chi connectivity index (χ0n) is 9.49. The molecule has 0 aliphatic carbocycles. The van der Waals surface area contributed by atoms with Crippen LogP contribution in [0, 0.1) is 13.8 Å². The fraction of sp³-hybridized carbons (Fsp3) is 0.214. The molecule has 0 aliphatic rings. The van der Waals surface area contributed by atoms with Crippen LogP contribution in [0.2, 0.25) is 0 Å². The Morgan fingerprint density at radius 1 is 1.19 bits per heavy atom. The van der Waals surface area contributed by atoms with Crippen LogP contribution in [0.5, 0.6) is 0 Å². The van der Waals surface area contributed by atoms with Crippen LogP contribution < -0.4 is 0 Å². The van der Waals surface area contributed by atoms with Crippen LogP contribution in [0.1, 0.15) is 26.4 Å². The standard InChI is InChI=1S/C14H14OS/c1-10-5-6-12(8-11(10)2)9-13(15)14-4-3-7-16-14/h3-8H,9H2,1-2H3. The number of ketones is 1. The van der Waals surface area contributed by atoms with E-state index in [1.165, 1.54) is 22.5 Å². The average molecular weight is 230 g/mol. The Labute approximate surface area is 99.8 Å². The van der Waals surface area contributed by atoms with E-state index < -0.39 is 0 Å². The minimum absolute atomic E-state index is 0.207. The molecule has 0 unspecified atom stereocenters. The Balaban J connectivity index is 2.15. The Morgan fingerprint density at radius 2 is 2.00 bits per heavy atom. The van der Waals surface area contributed by atoms with Crippen LogP contribution >= 0.6 is 11.3 Å². The van der Waals surface area contributed by atoms with Gasteiger partial charge in [0.2, 0.25) is 0 Å². The molecular formula is C14H14OS. The van der Waals surface area contributed by atoms with Crippen molar-refractivity contribution in [3.63, 3.8) is 0 Å². The van der Waals surface area contributed by atoms with Gasteiger partial charge in [-0.3, -0.25) is 4.79 Å². The first-order valence-electron chi connectivity index (χ1n) is 5.29. The zero-order chi connectivity index (χ0) is 11.5. The van der Waals surface area contributed by atoms with E-state index in [0.29, 0.717) is 6.42 Å². The van der Waals surface area contributed by atoms with Crippen molar-refractivity contribution < 1.29 is 4.79 Å². The van der Waals surface area contributed by atoms with E-state index in [1.54, 1.807) is 0 Å². The van der Waals surface area contributed by atoms with Crippen LogP contribution in [0.15, 0.2) is 35.7 Å². The van der Waals surface area contributed by atoms with Crippen molar-refractivity contribution in [3.05, 3.63) is 57.3 Å². The fourth-order valence-corrected chi connectivity index (χ4v) is 2.29. The number of hydrogen-bond donors (Lipinski definition) is 0. The molecular weight excluding hydrogens is 216 g/mol. The van der Waals surface area contributed by atoms with Gasteiger partial charge in [-0.15, -0.1) is 11.3 Å². The van der Waals surface area contributed by atoms with Gasteiger partial charge in [0.15, 0.2) is 5.78 Å². The molecule has 0 spiro atoms. The van der Waals surface area contributed by atoms with Gasteiger partial charge in [0, 0.05) is 6.42 Å². The maximum Gasteiger partial charge on any atom is 0.177 e. The molecule has 0 aliphatic heterocycles. The van der Waals surface area contributed by atoms with E-state index in [-0.39, 0.29) is 5.78 Å². The van der Waals surface area contributed by atoms with Crippen molar-refractivity contribution in [2.45, 2.75) is 20.3 Å². The molecule has 1 aromatic carbocycles. The molecule has 1 heterocycles. The summed E-state index contributed by atoms with van der Waals surface area (Å²) in [7, 11) is 0. The predicted molar refractivity (Wildman–Crippen MR) is 68.3 cm³/mol. The third-order valence-corrected chi connectivity index (χ3v) is 3.64. The maximum atomic E-state index is 11.9. The summed E-state index contributed by atoms with van der Waals surface area (Å²) < 4.78 is 0. The van der Waals surface area contributed by atoms with Gasteiger partial charge in [-0.1, -0.05) is 24.3 Å². The molecule has 2 heteroatoms. The second-order valence-electron chi connectivity index (χ2n) is 4.00. The summed E-state index contributed by atoms with van der Waals surface area (Å²) in [5.74, 6) is 0.207. The minimum atomic E-state index is 0.207. The summed E-state index contributed by atoms with van der Waals surface area (Å²) in [6, 6.07) is 10.0. The van der Waals surface area contributed by atoms with Crippen LogP contribution in [0.4, 0.5) is 0 Å². The first-order chi connectivity index (χ1) is 7.66. The minimum Gasteiger partial charge on any atom is -0.293 e. The third kappa shape index (κ3) is 2.39. The Bertz CT molecular complexity index is 497. The van der Waals surface area contributed by atoms with E-state index in [4.69, 9.17) is 0 Å². The number of rotatable bonds is 3. The summed E-state index contributed by atoms with van der Waals surface area (Å²) >= 11 is 1.51. The third-order valence-electron chi connectivity index (χ3n) is 2.73. The van der Waals surface area contributed by atoms with Gasteiger partial charge < -0.3 is 0 Å². The van der Waals surface area contributed by atoms with Crippen LogP contribution in [0.25, 0.3) is 0 Å². The first-order valence-corrected chi connectivity index (χ1v) is 6.17. The molecule has 0 amide bonds.